The van der Waals surface area contributed by atoms with Gasteiger partial charge < -0.3 is 4.55 Å². The highest BCUT2D eigenvalue weighted by Crippen LogP contribution is 2.24. The fourth-order valence-corrected chi connectivity index (χ4v) is 2.17. The number of fused-ring (bicyclic) bond motifs is 1. The molecule has 2 aromatic rings. The van der Waals surface area contributed by atoms with E-state index in [0.29, 0.717) is 5.39 Å². The molecule has 74 valence electrons. The summed E-state index contributed by atoms with van der Waals surface area (Å²) in [6, 6.07) is 12.2. The van der Waals surface area contributed by atoms with Crippen LogP contribution in [-0.2, 0) is 11.1 Å². The molecule has 15 heavy (non-hydrogen) atoms. The Hall–Kier alpha value is -1.70. The normalized spacial score (nSPS) is 12.3. The van der Waals surface area contributed by atoms with Crippen molar-refractivity contribution >= 4 is 21.9 Å². The molecule has 0 radical (unpaired) electrons. The van der Waals surface area contributed by atoms with E-state index in [9.17, 15) is 8.76 Å². The second kappa shape index (κ2) is 3.81. The molecule has 0 aromatic heterocycles. The molecule has 0 bridgehead atoms. The maximum absolute atomic E-state index is 11.0. The van der Waals surface area contributed by atoms with Crippen LogP contribution >= 0.6 is 0 Å². The molecule has 0 saturated carbocycles. The van der Waals surface area contributed by atoms with E-state index in [0.717, 1.165) is 5.39 Å². The Morgan fingerprint density at radius 1 is 1.20 bits per heavy atom. The second-order valence-electron chi connectivity index (χ2n) is 3.01. The summed E-state index contributed by atoms with van der Waals surface area (Å²) >= 11 is -2.39. The highest BCUT2D eigenvalue weighted by Gasteiger charge is 2.07. The first kappa shape index (κ1) is 9.84. The van der Waals surface area contributed by atoms with Crippen LogP contribution in [0.15, 0.2) is 41.3 Å². The Bertz CT molecular complexity index is 587. The number of nitrogens with zero attached hydrogens (tertiary/aromatic N) is 1. The number of hydrogen-bond acceptors (Lipinski definition) is 3. The molecule has 0 saturated heterocycles. The molecule has 0 fully saturated rings. The molecular formula is C11H6NO2S-. The summed E-state index contributed by atoms with van der Waals surface area (Å²) in [5.74, 6) is 0. The van der Waals surface area contributed by atoms with Crippen molar-refractivity contribution in [3.8, 4) is 6.07 Å². The molecule has 4 heteroatoms. The zero-order valence-electron chi connectivity index (χ0n) is 7.64. The van der Waals surface area contributed by atoms with Gasteiger partial charge in [-0.3, -0.25) is 4.21 Å². The zero-order chi connectivity index (χ0) is 10.8. The summed E-state index contributed by atoms with van der Waals surface area (Å²) < 4.78 is 22.1. The summed E-state index contributed by atoms with van der Waals surface area (Å²) in [5.41, 5.74) is 0.182. The third kappa shape index (κ3) is 1.63. The minimum absolute atomic E-state index is 0.0793. The summed E-state index contributed by atoms with van der Waals surface area (Å²) in [7, 11) is 0. The third-order valence-corrected chi connectivity index (χ3v) is 2.94. The van der Waals surface area contributed by atoms with E-state index >= 15 is 0 Å². The van der Waals surface area contributed by atoms with Crippen molar-refractivity contribution in [2.75, 3.05) is 0 Å². The van der Waals surface area contributed by atoms with E-state index in [2.05, 4.69) is 0 Å². The van der Waals surface area contributed by atoms with Crippen LogP contribution in [0.3, 0.4) is 0 Å². The van der Waals surface area contributed by atoms with Gasteiger partial charge in [0.15, 0.2) is 0 Å². The number of benzene rings is 2. The van der Waals surface area contributed by atoms with Crippen molar-refractivity contribution in [1.82, 2.24) is 0 Å². The summed E-state index contributed by atoms with van der Waals surface area (Å²) in [6.07, 6.45) is 0. The molecule has 0 spiro atoms. The summed E-state index contributed by atoms with van der Waals surface area (Å²) in [4.78, 5) is 0.0793. The van der Waals surface area contributed by atoms with Crippen LogP contribution < -0.4 is 0 Å². The predicted octanol–water partition coefficient (Wildman–Crippen LogP) is 1.95. The lowest BCUT2D eigenvalue weighted by Crippen LogP contribution is -1.95. The van der Waals surface area contributed by atoms with Crippen LogP contribution in [0.4, 0.5) is 0 Å². The molecule has 0 aliphatic heterocycles. The standard InChI is InChI=1S/C11H7NO2S/c12-7-9-6-5-8-3-1-2-4-10(8)11(9)15(13)14/h1-6H,(H,13,14)/p-1. The van der Waals surface area contributed by atoms with Gasteiger partial charge in [0.1, 0.15) is 6.07 Å². The lowest BCUT2D eigenvalue weighted by atomic mass is 10.1. The Morgan fingerprint density at radius 2 is 1.93 bits per heavy atom. The highest BCUT2D eigenvalue weighted by molar-refractivity contribution is 7.79. The van der Waals surface area contributed by atoms with Crippen LogP contribution in [0, 0.1) is 11.3 Å². The van der Waals surface area contributed by atoms with Gasteiger partial charge in [0.05, 0.1) is 10.5 Å². The minimum Gasteiger partial charge on any atom is -0.768 e. The van der Waals surface area contributed by atoms with Crippen molar-refractivity contribution in [2.45, 2.75) is 4.90 Å². The van der Waals surface area contributed by atoms with E-state index in [1.807, 2.05) is 18.2 Å². The van der Waals surface area contributed by atoms with Gasteiger partial charge in [-0.15, -0.1) is 0 Å². The molecule has 2 aromatic carbocycles. The van der Waals surface area contributed by atoms with Gasteiger partial charge >= 0.3 is 0 Å². The molecule has 0 aliphatic carbocycles. The van der Waals surface area contributed by atoms with Crippen molar-refractivity contribution in [2.24, 2.45) is 0 Å². The van der Waals surface area contributed by atoms with E-state index in [1.165, 1.54) is 6.07 Å². The first-order chi connectivity index (χ1) is 7.24. The number of nitriles is 1. The molecule has 2 rings (SSSR count). The van der Waals surface area contributed by atoms with Gasteiger partial charge in [0, 0.05) is 0 Å². The second-order valence-corrected chi connectivity index (χ2v) is 3.89. The van der Waals surface area contributed by atoms with E-state index in [4.69, 9.17) is 5.26 Å². The SMILES string of the molecule is N#Cc1ccc2ccccc2c1S(=O)[O-]. The summed E-state index contributed by atoms with van der Waals surface area (Å²) in [6.45, 7) is 0. The Kier molecular flexibility index (Phi) is 2.50. The largest absolute Gasteiger partial charge is 0.768 e. The predicted molar refractivity (Wildman–Crippen MR) is 55.8 cm³/mol. The first-order valence-electron chi connectivity index (χ1n) is 4.25. The Labute approximate surface area is 89.2 Å². The van der Waals surface area contributed by atoms with Crippen molar-refractivity contribution in [1.29, 1.82) is 5.26 Å². The maximum atomic E-state index is 11.0. The average molecular weight is 216 g/mol. The fraction of sp³-hybridized carbons (Fsp3) is 0. The fourth-order valence-electron chi connectivity index (χ4n) is 1.51. The van der Waals surface area contributed by atoms with Crippen molar-refractivity contribution in [3.63, 3.8) is 0 Å². The van der Waals surface area contributed by atoms with Gasteiger partial charge in [-0.2, -0.15) is 5.26 Å². The lowest BCUT2D eigenvalue weighted by Gasteiger charge is -2.10. The minimum atomic E-state index is -2.39. The lowest BCUT2D eigenvalue weighted by molar-refractivity contribution is 0.538. The number of hydrogen-bond donors (Lipinski definition) is 0. The quantitative estimate of drug-likeness (QED) is 0.684. The van der Waals surface area contributed by atoms with Crippen molar-refractivity contribution in [3.05, 3.63) is 42.0 Å². The third-order valence-electron chi connectivity index (χ3n) is 2.17. The number of rotatable bonds is 1. The molecule has 0 aliphatic rings. The molecule has 3 nitrogen and oxygen atoms in total. The summed E-state index contributed by atoms with van der Waals surface area (Å²) in [5, 5.41) is 10.2. The average Bonchev–Trinajstić information content (AvgIpc) is 2.27. The van der Waals surface area contributed by atoms with Crippen LogP contribution in [0.25, 0.3) is 10.8 Å². The smallest absolute Gasteiger partial charge is 0.100 e. The van der Waals surface area contributed by atoms with Crippen LogP contribution in [0.1, 0.15) is 5.56 Å². The van der Waals surface area contributed by atoms with E-state index in [1.54, 1.807) is 18.2 Å². The van der Waals surface area contributed by atoms with Gasteiger partial charge in [0.2, 0.25) is 0 Å². The molecule has 1 atom stereocenters. The Balaban J connectivity index is 2.92. The van der Waals surface area contributed by atoms with Crippen LogP contribution in [-0.4, -0.2) is 8.76 Å². The zero-order valence-corrected chi connectivity index (χ0v) is 8.45. The monoisotopic (exact) mass is 216 g/mol. The molecule has 1 unspecified atom stereocenters. The van der Waals surface area contributed by atoms with Gasteiger partial charge in [-0.1, -0.05) is 30.3 Å². The molecule has 0 heterocycles. The highest BCUT2D eigenvalue weighted by atomic mass is 32.2. The Morgan fingerprint density at radius 3 is 2.60 bits per heavy atom. The maximum Gasteiger partial charge on any atom is 0.100 e. The van der Waals surface area contributed by atoms with Gasteiger partial charge in [0.25, 0.3) is 0 Å². The first-order valence-corrected chi connectivity index (χ1v) is 5.32. The van der Waals surface area contributed by atoms with E-state index < -0.39 is 11.1 Å². The molecule has 0 amide bonds. The molecule has 0 N–H and O–H groups in total. The van der Waals surface area contributed by atoms with Gasteiger partial charge in [-0.05, 0) is 27.9 Å². The molecular weight excluding hydrogens is 210 g/mol. The van der Waals surface area contributed by atoms with Crippen LogP contribution in [0.2, 0.25) is 0 Å². The topological polar surface area (TPSA) is 63.9 Å². The van der Waals surface area contributed by atoms with E-state index in [-0.39, 0.29) is 10.5 Å². The van der Waals surface area contributed by atoms with Crippen LogP contribution in [0.5, 0.6) is 0 Å². The van der Waals surface area contributed by atoms with Gasteiger partial charge in [-0.25, -0.2) is 0 Å². The van der Waals surface area contributed by atoms with Crippen molar-refractivity contribution < 1.29 is 8.76 Å².